The van der Waals surface area contributed by atoms with Gasteiger partial charge in [-0.3, -0.25) is 0 Å². The molecule has 20 heavy (non-hydrogen) atoms. The standard InChI is InChI=1S/C13H15N7/c1-20-7-16-10-11(15)18-13(19-12(10)20)17-9-4-2-8(6-14)3-5-9/h2-5,7H,6,14H2,1H3,(H3,15,17,18,19). The Hall–Kier alpha value is -2.67. The van der Waals surface area contributed by atoms with Crippen LogP contribution in [0.3, 0.4) is 0 Å². The Morgan fingerprint density at radius 3 is 2.65 bits per heavy atom. The molecule has 3 aromatic rings. The van der Waals surface area contributed by atoms with Gasteiger partial charge in [-0.1, -0.05) is 12.1 Å². The molecule has 0 saturated carbocycles. The Morgan fingerprint density at radius 2 is 1.95 bits per heavy atom. The van der Waals surface area contributed by atoms with Crippen LogP contribution < -0.4 is 16.8 Å². The molecular weight excluding hydrogens is 254 g/mol. The monoisotopic (exact) mass is 269 g/mol. The van der Waals surface area contributed by atoms with Crippen molar-refractivity contribution in [2.75, 3.05) is 11.1 Å². The zero-order valence-corrected chi connectivity index (χ0v) is 11.0. The number of hydrogen-bond acceptors (Lipinski definition) is 6. The number of aromatic nitrogens is 4. The average molecular weight is 269 g/mol. The maximum absolute atomic E-state index is 5.89. The van der Waals surface area contributed by atoms with E-state index in [0.29, 0.717) is 29.5 Å². The number of imidazole rings is 1. The minimum atomic E-state index is 0.358. The summed E-state index contributed by atoms with van der Waals surface area (Å²) in [6, 6.07) is 7.76. The van der Waals surface area contributed by atoms with Crippen LogP contribution in [0.4, 0.5) is 17.5 Å². The van der Waals surface area contributed by atoms with Crippen LogP contribution in [-0.4, -0.2) is 19.5 Å². The lowest BCUT2D eigenvalue weighted by atomic mass is 10.2. The number of nitrogen functional groups attached to an aromatic ring is 1. The van der Waals surface area contributed by atoms with Crippen LogP contribution in [0.25, 0.3) is 11.2 Å². The van der Waals surface area contributed by atoms with E-state index in [1.165, 1.54) is 0 Å². The van der Waals surface area contributed by atoms with Crippen LogP contribution in [0.2, 0.25) is 0 Å². The van der Waals surface area contributed by atoms with E-state index in [-0.39, 0.29) is 0 Å². The summed E-state index contributed by atoms with van der Waals surface area (Å²) in [4.78, 5) is 12.8. The van der Waals surface area contributed by atoms with Crippen molar-refractivity contribution in [1.82, 2.24) is 19.5 Å². The van der Waals surface area contributed by atoms with Crippen molar-refractivity contribution >= 4 is 28.6 Å². The molecule has 7 heteroatoms. The number of hydrogen-bond donors (Lipinski definition) is 3. The highest BCUT2D eigenvalue weighted by molar-refractivity contribution is 5.83. The largest absolute Gasteiger partial charge is 0.382 e. The molecule has 102 valence electrons. The number of anilines is 3. The van der Waals surface area contributed by atoms with Gasteiger partial charge in [0.25, 0.3) is 0 Å². The van der Waals surface area contributed by atoms with Gasteiger partial charge in [0.2, 0.25) is 5.95 Å². The lowest BCUT2D eigenvalue weighted by molar-refractivity contribution is 0.929. The van der Waals surface area contributed by atoms with Crippen molar-refractivity contribution in [3.63, 3.8) is 0 Å². The van der Waals surface area contributed by atoms with E-state index in [9.17, 15) is 0 Å². The molecule has 2 aromatic heterocycles. The molecule has 0 aliphatic heterocycles. The summed E-state index contributed by atoms with van der Waals surface area (Å²) in [5, 5.41) is 3.12. The third-order valence-electron chi connectivity index (χ3n) is 3.03. The molecule has 0 radical (unpaired) electrons. The fraction of sp³-hybridized carbons (Fsp3) is 0.154. The van der Waals surface area contributed by atoms with Crippen LogP contribution in [-0.2, 0) is 13.6 Å². The Balaban J connectivity index is 1.95. The Bertz CT molecular complexity index is 745. The van der Waals surface area contributed by atoms with E-state index >= 15 is 0 Å². The number of nitrogens with zero attached hydrogens (tertiary/aromatic N) is 4. The van der Waals surface area contributed by atoms with E-state index < -0.39 is 0 Å². The van der Waals surface area contributed by atoms with E-state index in [0.717, 1.165) is 11.3 Å². The summed E-state index contributed by atoms with van der Waals surface area (Å²) in [5.41, 5.74) is 14.7. The van der Waals surface area contributed by atoms with Crippen molar-refractivity contribution in [3.8, 4) is 0 Å². The molecule has 0 fully saturated rings. The first-order chi connectivity index (χ1) is 9.67. The highest BCUT2D eigenvalue weighted by atomic mass is 15.2. The minimum absolute atomic E-state index is 0.358. The highest BCUT2D eigenvalue weighted by Crippen LogP contribution is 2.20. The molecule has 0 amide bonds. The molecule has 0 bridgehead atoms. The Labute approximate surface area is 115 Å². The average Bonchev–Trinajstić information content (AvgIpc) is 2.82. The van der Waals surface area contributed by atoms with Crippen molar-refractivity contribution < 1.29 is 0 Å². The molecule has 0 aliphatic carbocycles. The highest BCUT2D eigenvalue weighted by Gasteiger charge is 2.09. The molecule has 3 rings (SSSR count). The lowest BCUT2D eigenvalue weighted by Gasteiger charge is -2.07. The molecule has 2 heterocycles. The molecule has 0 saturated heterocycles. The summed E-state index contributed by atoms with van der Waals surface area (Å²) >= 11 is 0. The summed E-state index contributed by atoms with van der Waals surface area (Å²) in [6.07, 6.45) is 1.66. The molecular formula is C13H15N7. The smallest absolute Gasteiger partial charge is 0.231 e. The summed E-state index contributed by atoms with van der Waals surface area (Å²) in [7, 11) is 1.86. The fourth-order valence-corrected chi connectivity index (χ4v) is 1.94. The number of fused-ring (bicyclic) bond motifs is 1. The maximum Gasteiger partial charge on any atom is 0.231 e. The first kappa shape index (κ1) is 12.4. The van der Waals surface area contributed by atoms with Gasteiger partial charge in [0.15, 0.2) is 11.5 Å². The van der Waals surface area contributed by atoms with Crippen LogP contribution >= 0.6 is 0 Å². The van der Waals surface area contributed by atoms with Gasteiger partial charge < -0.3 is 21.4 Å². The van der Waals surface area contributed by atoms with Gasteiger partial charge in [0.05, 0.1) is 6.33 Å². The molecule has 0 spiro atoms. The Kier molecular flexibility index (Phi) is 2.96. The summed E-state index contributed by atoms with van der Waals surface area (Å²) < 4.78 is 1.80. The van der Waals surface area contributed by atoms with E-state index in [1.807, 2.05) is 31.3 Å². The molecule has 1 aromatic carbocycles. The van der Waals surface area contributed by atoms with Gasteiger partial charge in [-0.05, 0) is 17.7 Å². The maximum atomic E-state index is 5.89. The molecule has 5 N–H and O–H groups in total. The van der Waals surface area contributed by atoms with Crippen molar-refractivity contribution in [2.24, 2.45) is 12.8 Å². The van der Waals surface area contributed by atoms with Gasteiger partial charge in [0, 0.05) is 19.3 Å². The van der Waals surface area contributed by atoms with Crippen LogP contribution in [0, 0.1) is 0 Å². The predicted octanol–water partition coefficient (Wildman–Crippen LogP) is 1.15. The number of nitrogens with one attached hydrogen (secondary N) is 1. The number of benzene rings is 1. The van der Waals surface area contributed by atoms with Crippen molar-refractivity contribution in [2.45, 2.75) is 6.54 Å². The number of aryl methyl sites for hydroxylation is 1. The van der Waals surface area contributed by atoms with Crippen molar-refractivity contribution in [3.05, 3.63) is 36.2 Å². The molecule has 7 nitrogen and oxygen atoms in total. The second-order valence-corrected chi connectivity index (χ2v) is 4.49. The van der Waals surface area contributed by atoms with E-state index in [4.69, 9.17) is 11.5 Å². The first-order valence-corrected chi connectivity index (χ1v) is 6.18. The number of nitrogens with two attached hydrogens (primary N) is 2. The predicted molar refractivity (Wildman–Crippen MR) is 78.3 cm³/mol. The normalized spacial score (nSPS) is 10.9. The van der Waals surface area contributed by atoms with E-state index in [1.54, 1.807) is 10.9 Å². The van der Waals surface area contributed by atoms with Crippen LogP contribution in [0.15, 0.2) is 30.6 Å². The summed E-state index contributed by atoms with van der Waals surface area (Å²) in [5.74, 6) is 0.802. The number of rotatable bonds is 3. The quantitative estimate of drug-likeness (QED) is 0.658. The van der Waals surface area contributed by atoms with Gasteiger partial charge in [-0.2, -0.15) is 9.97 Å². The third kappa shape index (κ3) is 2.14. The van der Waals surface area contributed by atoms with Gasteiger partial charge in [0.1, 0.15) is 5.52 Å². The topological polar surface area (TPSA) is 108 Å². The zero-order valence-electron chi connectivity index (χ0n) is 11.0. The van der Waals surface area contributed by atoms with Crippen LogP contribution in [0.1, 0.15) is 5.56 Å². The Morgan fingerprint density at radius 1 is 1.20 bits per heavy atom. The van der Waals surface area contributed by atoms with Gasteiger partial charge in [-0.15, -0.1) is 0 Å². The SMILES string of the molecule is Cn1cnc2c(N)nc(Nc3ccc(CN)cc3)nc21. The summed E-state index contributed by atoms with van der Waals surface area (Å²) in [6.45, 7) is 0.519. The lowest BCUT2D eigenvalue weighted by Crippen LogP contribution is -2.03. The third-order valence-corrected chi connectivity index (χ3v) is 3.03. The fourth-order valence-electron chi connectivity index (χ4n) is 1.94. The molecule has 0 atom stereocenters. The van der Waals surface area contributed by atoms with E-state index in [2.05, 4.69) is 20.3 Å². The zero-order chi connectivity index (χ0) is 14.1. The second kappa shape index (κ2) is 4.78. The first-order valence-electron chi connectivity index (χ1n) is 6.18. The minimum Gasteiger partial charge on any atom is -0.382 e. The van der Waals surface area contributed by atoms with Gasteiger partial charge >= 0.3 is 0 Å². The van der Waals surface area contributed by atoms with Crippen LogP contribution in [0.5, 0.6) is 0 Å². The van der Waals surface area contributed by atoms with Crippen molar-refractivity contribution in [1.29, 1.82) is 0 Å². The second-order valence-electron chi connectivity index (χ2n) is 4.49. The molecule has 0 aliphatic rings. The van der Waals surface area contributed by atoms with Gasteiger partial charge in [-0.25, -0.2) is 4.98 Å². The molecule has 0 unspecified atom stereocenters.